The molecule has 2 N–H and O–H groups in total. The maximum absolute atomic E-state index is 12.8. The Morgan fingerprint density at radius 3 is 2.56 bits per heavy atom. The minimum Gasteiger partial charge on any atom is -0.378 e. The van der Waals surface area contributed by atoms with Gasteiger partial charge in [0, 0.05) is 19.1 Å². The Kier molecular flexibility index (Phi) is 8.11. The predicted molar refractivity (Wildman–Crippen MR) is 108 cm³/mol. The number of benzene rings is 1. The summed E-state index contributed by atoms with van der Waals surface area (Å²) in [5, 5.41) is 6.22. The Bertz CT molecular complexity index is 648. The van der Waals surface area contributed by atoms with Crippen molar-refractivity contribution in [3.8, 4) is 0 Å². The fourth-order valence-corrected chi connectivity index (χ4v) is 3.78. The van der Waals surface area contributed by atoms with Crippen molar-refractivity contribution in [2.24, 2.45) is 17.8 Å². The first-order valence-electron chi connectivity index (χ1n) is 9.76. The number of carbonyl (C=O) groups excluding carboxylic acids is 2. The van der Waals surface area contributed by atoms with Crippen LogP contribution in [-0.2, 0) is 9.53 Å². The lowest BCUT2D eigenvalue weighted by atomic mass is 9.87. The van der Waals surface area contributed by atoms with Crippen LogP contribution < -0.4 is 10.6 Å². The van der Waals surface area contributed by atoms with Crippen LogP contribution in [-0.4, -0.2) is 37.1 Å². The smallest absolute Gasteiger partial charge is 0.253 e. The van der Waals surface area contributed by atoms with Gasteiger partial charge in [-0.3, -0.25) is 9.59 Å². The van der Waals surface area contributed by atoms with E-state index in [0.29, 0.717) is 29.0 Å². The minimum atomic E-state index is -0.615. The highest BCUT2D eigenvalue weighted by Crippen LogP contribution is 2.25. The first-order chi connectivity index (χ1) is 12.8. The van der Waals surface area contributed by atoms with Gasteiger partial charge in [0.15, 0.2) is 0 Å². The topological polar surface area (TPSA) is 67.4 Å². The first kappa shape index (κ1) is 21.7. The first-order valence-corrected chi connectivity index (χ1v) is 10.1. The maximum atomic E-state index is 12.8. The van der Waals surface area contributed by atoms with E-state index in [1.807, 2.05) is 13.8 Å². The minimum absolute atomic E-state index is 0.0417. The van der Waals surface area contributed by atoms with Gasteiger partial charge in [-0.25, -0.2) is 0 Å². The summed E-state index contributed by atoms with van der Waals surface area (Å²) in [5.74, 6) is 0.164. The number of halogens is 1. The molecule has 0 aromatic heterocycles. The van der Waals surface area contributed by atoms with Gasteiger partial charge in [-0.15, -0.1) is 0 Å². The summed E-state index contributed by atoms with van der Waals surface area (Å²) in [6, 6.07) is 6.22. The monoisotopic (exact) mass is 394 g/mol. The predicted octanol–water partition coefficient (Wildman–Crippen LogP) is 3.66. The van der Waals surface area contributed by atoms with Crippen LogP contribution in [0.25, 0.3) is 0 Å². The van der Waals surface area contributed by atoms with Gasteiger partial charge in [-0.05, 0) is 36.8 Å². The number of hydrogen-bond acceptors (Lipinski definition) is 3. The van der Waals surface area contributed by atoms with Crippen LogP contribution in [0.3, 0.4) is 0 Å². The van der Waals surface area contributed by atoms with Gasteiger partial charge in [0.05, 0.1) is 16.7 Å². The average molecular weight is 395 g/mol. The summed E-state index contributed by atoms with van der Waals surface area (Å²) in [5.41, 5.74) is 0.373. The SMILES string of the molecule is CC(C)[C@H](NC(=O)c1ccccc1Cl)C(=O)NC[C@@H]1CCCO[C@@H]1C(C)C. The van der Waals surface area contributed by atoms with Crippen LogP contribution in [0.4, 0.5) is 0 Å². The zero-order valence-electron chi connectivity index (χ0n) is 16.6. The van der Waals surface area contributed by atoms with Crippen molar-refractivity contribution >= 4 is 23.4 Å². The number of carbonyl (C=O) groups is 2. The van der Waals surface area contributed by atoms with Gasteiger partial charge in [-0.2, -0.15) is 0 Å². The van der Waals surface area contributed by atoms with Crippen LogP contribution in [0, 0.1) is 17.8 Å². The number of rotatable bonds is 7. The molecule has 2 rings (SSSR count). The van der Waals surface area contributed by atoms with Crippen LogP contribution in [0.5, 0.6) is 0 Å². The quantitative estimate of drug-likeness (QED) is 0.741. The molecule has 5 nitrogen and oxygen atoms in total. The number of ether oxygens (including phenoxy) is 1. The zero-order chi connectivity index (χ0) is 20.0. The van der Waals surface area contributed by atoms with E-state index in [1.165, 1.54) is 0 Å². The van der Waals surface area contributed by atoms with E-state index >= 15 is 0 Å². The van der Waals surface area contributed by atoms with Crippen molar-refractivity contribution in [1.82, 2.24) is 10.6 Å². The summed E-state index contributed by atoms with van der Waals surface area (Å²) in [6.45, 7) is 9.47. The molecule has 27 heavy (non-hydrogen) atoms. The van der Waals surface area contributed by atoms with Crippen molar-refractivity contribution in [2.45, 2.75) is 52.7 Å². The Morgan fingerprint density at radius 1 is 1.22 bits per heavy atom. The average Bonchev–Trinajstić information content (AvgIpc) is 2.64. The third-order valence-corrected chi connectivity index (χ3v) is 5.37. The van der Waals surface area contributed by atoms with Crippen LogP contribution in [0.2, 0.25) is 5.02 Å². The lowest BCUT2D eigenvalue weighted by molar-refractivity contribution is -0.125. The molecule has 3 atom stereocenters. The Hall–Kier alpha value is -1.59. The Balaban J connectivity index is 1.98. The van der Waals surface area contributed by atoms with E-state index < -0.39 is 6.04 Å². The van der Waals surface area contributed by atoms with E-state index in [2.05, 4.69) is 24.5 Å². The Morgan fingerprint density at radius 2 is 1.93 bits per heavy atom. The molecule has 0 bridgehead atoms. The maximum Gasteiger partial charge on any atom is 0.253 e. The molecule has 1 aliphatic heterocycles. The second kappa shape index (κ2) is 10.1. The highest BCUT2D eigenvalue weighted by Gasteiger charge is 2.30. The molecule has 2 amide bonds. The van der Waals surface area contributed by atoms with Crippen LogP contribution in [0.15, 0.2) is 24.3 Å². The molecule has 0 unspecified atom stereocenters. The highest BCUT2D eigenvalue weighted by atomic mass is 35.5. The second-order valence-corrected chi connectivity index (χ2v) is 8.31. The van der Waals surface area contributed by atoms with Gasteiger partial charge >= 0.3 is 0 Å². The van der Waals surface area contributed by atoms with Gasteiger partial charge in [0.1, 0.15) is 6.04 Å². The van der Waals surface area contributed by atoms with Gasteiger partial charge < -0.3 is 15.4 Å². The molecule has 150 valence electrons. The van der Waals surface area contributed by atoms with Crippen molar-refractivity contribution in [3.63, 3.8) is 0 Å². The highest BCUT2D eigenvalue weighted by molar-refractivity contribution is 6.33. The third-order valence-electron chi connectivity index (χ3n) is 5.04. The lowest BCUT2D eigenvalue weighted by Gasteiger charge is -2.35. The summed E-state index contributed by atoms with van der Waals surface area (Å²) in [6.07, 6.45) is 2.22. The number of amides is 2. The molecular formula is C21H31ClN2O3. The van der Waals surface area contributed by atoms with Gasteiger partial charge in [0.2, 0.25) is 5.91 Å². The molecule has 0 aliphatic carbocycles. The summed E-state index contributed by atoms with van der Waals surface area (Å²) in [4.78, 5) is 25.3. The van der Waals surface area contributed by atoms with E-state index in [1.54, 1.807) is 24.3 Å². The van der Waals surface area contributed by atoms with E-state index in [-0.39, 0.29) is 23.8 Å². The molecule has 1 aromatic rings. The Labute approximate surface area is 167 Å². The van der Waals surface area contributed by atoms with Gasteiger partial charge in [-0.1, -0.05) is 51.4 Å². The molecule has 0 radical (unpaired) electrons. The molecular weight excluding hydrogens is 364 g/mol. The summed E-state index contributed by atoms with van der Waals surface area (Å²) < 4.78 is 5.89. The van der Waals surface area contributed by atoms with E-state index in [9.17, 15) is 9.59 Å². The van der Waals surface area contributed by atoms with Crippen molar-refractivity contribution in [3.05, 3.63) is 34.9 Å². The third kappa shape index (κ3) is 5.94. The van der Waals surface area contributed by atoms with E-state index in [0.717, 1.165) is 19.4 Å². The summed E-state index contributed by atoms with van der Waals surface area (Å²) in [7, 11) is 0. The lowest BCUT2D eigenvalue weighted by Crippen LogP contribution is -2.51. The fraction of sp³-hybridized carbons (Fsp3) is 0.619. The van der Waals surface area contributed by atoms with Crippen molar-refractivity contribution < 1.29 is 14.3 Å². The molecule has 6 heteroatoms. The normalized spacial score (nSPS) is 21.1. The van der Waals surface area contributed by atoms with Gasteiger partial charge in [0.25, 0.3) is 5.91 Å². The van der Waals surface area contributed by atoms with E-state index in [4.69, 9.17) is 16.3 Å². The zero-order valence-corrected chi connectivity index (χ0v) is 17.4. The molecule has 1 aliphatic rings. The van der Waals surface area contributed by atoms with Crippen molar-refractivity contribution in [2.75, 3.05) is 13.2 Å². The van der Waals surface area contributed by atoms with Crippen LogP contribution >= 0.6 is 11.6 Å². The summed E-state index contributed by atoms with van der Waals surface area (Å²) >= 11 is 6.09. The number of nitrogens with one attached hydrogen (secondary N) is 2. The largest absolute Gasteiger partial charge is 0.378 e. The van der Waals surface area contributed by atoms with Crippen molar-refractivity contribution in [1.29, 1.82) is 0 Å². The molecule has 1 saturated heterocycles. The molecule has 1 aromatic carbocycles. The molecule has 0 saturated carbocycles. The van der Waals surface area contributed by atoms with Crippen LogP contribution in [0.1, 0.15) is 50.9 Å². The molecule has 1 heterocycles. The molecule has 0 spiro atoms. The second-order valence-electron chi connectivity index (χ2n) is 7.90. The number of hydrogen-bond donors (Lipinski definition) is 2. The fourth-order valence-electron chi connectivity index (χ4n) is 3.56. The standard InChI is InChI=1S/C21H31ClN2O3/c1-13(2)18(24-20(25)16-9-5-6-10-17(16)22)21(26)23-12-15-8-7-11-27-19(15)14(3)4/h5-6,9-10,13-15,18-19H,7-8,11-12H2,1-4H3,(H,23,26)(H,24,25)/t15-,18-,19+/m0/s1. The molecule has 1 fully saturated rings.